The number of carbonyl (C=O) groups is 1. The van der Waals surface area contributed by atoms with Crippen molar-refractivity contribution in [1.29, 1.82) is 0 Å². The Balaban J connectivity index is 2.45. The van der Waals surface area contributed by atoms with Crippen molar-refractivity contribution in [3.05, 3.63) is 64.6 Å². The standard InChI is InChI=1S/C22H31NO5S/c1-17(2)6-5-7-18(3)12-14-28-20-10-8-19(9-11-20)21(24)16-23-22(25)13-15-29(4,26)27/h6,8-13,15,21,24H,5,7,14,16H2,1-4H3,(H,23,25)/b15-13+,18-12+. The van der Waals surface area contributed by atoms with Crippen LogP contribution in [0.1, 0.15) is 45.3 Å². The minimum absolute atomic E-state index is 0.0270. The van der Waals surface area contributed by atoms with Gasteiger partial charge in [-0.2, -0.15) is 0 Å². The van der Waals surface area contributed by atoms with Crippen LogP contribution in [0.3, 0.4) is 0 Å². The number of benzene rings is 1. The zero-order chi connectivity index (χ0) is 21.9. The molecule has 0 radical (unpaired) electrons. The van der Waals surface area contributed by atoms with Crippen molar-refractivity contribution in [3.63, 3.8) is 0 Å². The summed E-state index contributed by atoms with van der Waals surface area (Å²) in [5.41, 5.74) is 3.22. The second-order valence-electron chi connectivity index (χ2n) is 7.14. The summed E-state index contributed by atoms with van der Waals surface area (Å²) < 4.78 is 27.6. The number of carbonyl (C=O) groups excluding carboxylic acids is 1. The minimum Gasteiger partial charge on any atom is -0.490 e. The molecule has 0 saturated heterocycles. The zero-order valence-electron chi connectivity index (χ0n) is 17.5. The fraction of sp³-hybridized carbons (Fsp3) is 0.409. The van der Waals surface area contributed by atoms with Crippen LogP contribution in [0.5, 0.6) is 5.75 Å². The van der Waals surface area contributed by atoms with Crippen LogP contribution in [0.25, 0.3) is 0 Å². The predicted octanol–water partition coefficient (Wildman–Crippen LogP) is 3.47. The molecule has 1 unspecified atom stereocenters. The average Bonchev–Trinajstić information content (AvgIpc) is 2.64. The van der Waals surface area contributed by atoms with E-state index in [0.717, 1.165) is 30.6 Å². The summed E-state index contributed by atoms with van der Waals surface area (Å²) in [6, 6.07) is 6.97. The molecular formula is C22H31NO5S. The van der Waals surface area contributed by atoms with E-state index >= 15 is 0 Å². The summed E-state index contributed by atoms with van der Waals surface area (Å²) in [5.74, 6) is 0.107. The average molecular weight is 422 g/mol. The summed E-state index contributed by atoms with van der Waals surface area (Å²) in [5, 5.41) is 13.4. The Morgan fingerprint density at radius 2 is 1.83 bits per heavy atom. The van der Waals surface area contributed by atoms with Crippen molar-refractivity contribution >= 4 is 15.7 Å². The van der Waals surface area contributed by atoms with Crippen molar-refractivity contribution in [2.75, 3.05) is 19.4 Å². The SMILES string of the molecule is CC(C)=CCC/C(C)=C/COc1ccc(C(O)CNC(=O)/C=C/S(C)(=O)=O)cc1. The van der Waals surface area contributed by atoms with Gasteiger partial charge in [-0.15, -0.1) is 0 Å². The molecular weight excluding hydrogens is 390 g/mol. The van der Waals surface area contributed by atoms with Crippen LogP contribution in [0.2, 0.25) is 0 Å². The summed E-state index contributed by atoms with van der Waals surface area (Å²) in [6.07, 6.45) is 7.32. The number of sulfone groups is 1. The van der Waals surface area contributed by atoms with Crippen LogP contribution in [-0.2, 0) is 14.6 Å². The Hall–Kier alpha value is -2.38. The Labute approximate surface area is 173 Å². The molecule has 0 aliphatic heterocycles. The normalized spacial score (nSPS) is 13.2. The molecule has 0 spiro atoms. The van der Waals surface area contributed by atoms with E-state index in [9.17, 15) is 18.3 Å². The van der Waals surface area contributed by atoms with E-state index in [2.05, 4.69) is 38.2 Å². The van der Waals surface area contributed by atoms with Crippen LogP contribution < -0.4 is 10.1 Å². The third-order valence-corrected chi connectivity index (χ3v) is 4.60. The molecule has 1 atom stereocenters. The van der Waals surface area contributed by atoms with E-state index in [0.29, 0.717) is 17.9 Å². The first-order chi connectivity index (χ1) is 13.6. The molecule has 0 aliphatic carbocycles. The monoisotopic (exact) mass is 421 g/mol. The lowest BCUT2D eigenvalue weighted by Crippen LogP contribution is -2.26. The lowest BCUT2D eigenvalue weighted by Gasteiger charge is -2.12. The highest BCUT2D eigenvalue weighted by Gasteiger charge is 2.09. The van der Waals surface area contributed by atoms with Gasteiger partial charge in [0, 0.05) is 24.3 Å². The van der Waals surface area contributed by atoms with Crippen molar-refractivity contribution < 1.29 is 23.1 Å². The predicted molar refractivity (Wildman–Crippen MR) is 116 cm³/mol. The van der Waals surface area contributed by atoms with Crippen molar-refractivity contribution in [3.8, 4) is 5.75 Å². The molecule has 160 valence electrons. The van der Waals surface area contributed by atoms with Crippen molar-refractivity contribution in [1.82, 2.24) is 5.32 Å². The van der Waals surface area contributed by atoms with Crippen molar-refractivity contribution in [2.45, 2.75) is 39.7 Å². The maximum atomic E-state index is 11.5. The Kier molecular flexibility index (Phi) is 10.4. The highest BCUT2D eigenvalue weighted by Crippen LogP contribution is 2.18. The molecule has 1 aromatic rings. The highest BCUT2D eigenvalue weighted by atomic mass is 32.2. The van der Waals surface area contributed by atoms with E-state index in [1.807, 2.05) is 0 Å². The van der Waals surface area contributed by atoms with Crippen LogP contribution in [0.4, 0.5) is 0 Å². The van der Waals surface area contributed by atoms with Gasteiger partial charge >= 0.3 is 0 Å². The van der Waals surface area contributed by atoms with Gasteiger partial charge in [-0.3, -0.25) is 4.79 Å². The molecule has 7 heteroatoms. The highest BCUT2D eigenvalue weighted by molar-refractivity contribution is 7.93. The molecule has 0 saturated carbocycles. The number of allylic oxidation sites excluding steroid dienone is 3. The second kappa shape index (κ2) is 12.2. The summed E-state index contributed by atoms with van der Waals surface area (Å²) in [7, 11) is -3.36. The van der Waals surface area contributed by atoms with E-state index in [-0.39, 0.29) is 6.54 Å². The van der Waals surface area contributed by atoms with Gasteiger partial charge in [0.25, 0.3) is 0 Å². The number of hydrogen-bond acceptors (Lipinski definition) is 5. The largest absolute Gasteiger partial charge is 0.490 e. The van der Waals surface area contributed by atoms with Crippen LogP contribution in [0.15, 0.2) is 59.0 Å². The first kappa shape index (κ1) is 24.7. The zero-order valence-corrected chi connectivity index (χ0v) is 18.3. The fourth-order valence-electron chi connectivity index (χ4n) is 2.32. The van der Waals surface area contributed by atoms with Gasteiger partial charge in [0.05, 0.1) is 6.10 Å². The lowest BCUT2D eigenvalue weighted by molar-refractivity contribution is -0.116. The third-order valence-electron chi connectivity index (χ3n) is 3.97. The number of hydrogen-bond donors (Lipinski definition) is 2. The smallest absolute Gasteiger partial charge is 0.244 e. The molecule has 6 nitrogen and oxygen atoms in total. The lowest BCUT2D eigenvalue weighted by atomic mass is 10.1. The Morgan fingerprint density at radius 1 is 1.17 bits per heavy atom. The molecule has 0 aliphatic rings. The summed E-state index contributed by atoms with van der Waals surface area (Å²) >= 11 is 0. The molecule has 29 heavy (non-hydrogen) atoms. The Morgan fingerprint density at radius 3 is 2.41 bits per heavy atom. The van der Waals surface area contributed by atoms with Gasteiger partial charge < -0.3 is 15.2 Å². The molecule has 0 fully saturated rings. The molecule has 0 bridgehead atoms. The number of ether oxygens (including phenoxy) is 1. The van der Waals surface area contributed by atoms with Crippen molar-refractivity contribution in [2.24, 2.45) is 0 Å². The molecule has 1 amide bonds. The van der Waals surface area contributed by atoms with E-state index in [1.165, 1.54) is 11.1 Å². The fourth-order valence-corrected chi connectivity index (χ4v) is 2.69. The third kappa shape index (κ3) is 11.9. The van der Waals surface area contributed by atoms with Gasteiger partial charge in [0.2, 0.25) is 5.91 Å². The minimum atomic E-state index is -3.36. The first-order valence-corrected chi connectivity index (χ1v) is 11.4. The maximum absolute atomic E-state index is 11.5. The van der Waals surface area contributed by atoms with E-state index in [1.54, 1.807) is 24.3 Å². The second-order valence-corrected chi connectivity index (χ2v) is 9.08. The topological polar surface area (TPSA) is 92.7 Å². The molecule has 1 aromatic carbocycles. The number of nitrogens with one attached hydrogen (secondary N) is 1. The Bertz CT molecular complexity index is 848. The number of amides is 1. The molecule has 1 rings (SSSR count). The van der Waals surface area contributed by atoms with Crippen LogP contribution in [0, 0.1) is 0 Å². The molecule has 0 heterocycles. The summed E-state index contributed by atoms with van der Waals surface area (Å²) in [6.45, 7) is 6.71. The molecule has 2 N–H and O–H groups in total. The van der Waals surface area contributed by atoms with Gasteiger partial charge in [-0.05, 0) is 57.4 Å². The van der Waals surface area contributed by atoms with Gasteiger partial charge in [0.15, 0.2) is 9.84 Å². The van der Waals surface area contributed by atoms with E-state index < -0.39 is 21.8 Å². The van der Waals surface area contributed by atoms with Gasteiger partial charge in [-0.25, -0.2) is 8.42 Å². The van der Waals surface area contributed by atoms with Gasteiger partial charge in [-0.1, -0.05) is 29.4 Å². The van der Waals surface area contributed by atoms with Crippen LogP contribution in [-0.4, -0.2) is 38.8 Å². The number of rotatable bonds is 11. The first-order valence-electron chi connectivity index (χ1n) is 9.42. The maximum Gasteiger partial charge on any atom is 0.244 e. The number of aliphatic hydroxyl groups is 1. The quantitative estimate of drug-likeness (QED) is 0.422. The number of aliphatic hydroxyl groups excluding tert-OH is 1. The summed E-state index contributed by atoms with van der Waals surface area (Å²) in [4.78, 5) is 11.5. The van der Waals surface area contributed by atoms with E-state index in [4.69, 9.17) is 4.74 Å². The van der Waals surface area contributed by atoms with Gasteiger partial charge in [0.1, 0.15) is 12.4 Å². The van der Waals surface area contributed by atoms with Crippen LogP contribution >= 0.6 is 0 Å². The molecule has 0 aromatic heterocycles.